The van der Waals surface area contributed by atoms with Crippen LogP contribution in [0.15, 0.2) is 10.9 Å². The molecule has 144 valence electrons. The number of aromatic nitrogens is 1. The van der Waals surface area contributed by atoms with E-state index in [1.807, 2.05) is 11.5 Å². The number of nitrogens with one attached hydrogen (secondary N) is 1. The maximum atomic E-state index is 12.7. The second-order valence-electron chi connectivity index (χ2n) is 9.27. The Morgan fingerprint density at radius 2 is 1.92 bits per heavy atom. The van der Waals surface area contributed by atoms with Crippen LogP contribution in [-0.2, 0) is 9.96 Å². The lowest BCUT2D eigenvalue weighted by atomic mass is 9.88. The third-order valence-electron chi connectivity index (χ3n) is 6.58. The largest absolute Gasteiger partial charge is 0.491 e. The van der Waals surface area contributed by atoms with Gasteiger partial charge in [0.1, 0.15) is 0 Å². The van der Waals surface area contributed by atoms with Crippen molar-refractivity contribution in [3.8, 4) is 5.75 Å². The van der Waals surface area contributed by atoms with Gasteiger partial charge in [-0.3, -0.25) is 9.59 Å². The summed E-state index contributed by atoms with van der Waals surface area (Å²) in [5.74, 6) is -0.156. The number of ether oxygens (including phenoxy) is 1. The molecule has 1 aromatic rings. The van der Waals surface area contributed by atoms with Crippen LogP contribution in [-0.4, -0.2) is 31.9 Å². The van der Waals surface area contributed by atoms with Crippen LogP contribution in [0.1, 0.15) is 63.3 Å². The lowest BCUT2D eigenvalue weighted by molar-refractivity contribution is 0.0792. The minimum absolute atomic E-state index is 0.0618. The van der Waals surface area contributed by atoms with Crippen molar-refractivity contribution in [1.82, 2.24) is 9.88 Å². The van der Waals surface area contributed by atoms with Crippen molar-refractivity contribution < 1.29 is 14.0 Å². The van der Waals surface area contributed by atoms with Gasteiger partial charge in [-0.25, -0.2) is 0 Å². The molecule has 1 amide bonds. The van der Waals surface area contributed by atoms with E-state index in [4.69, 9.17) is 9.16 Å². The highest BCUT2D eigenvalue weighted by Crippen LogP contribution is 2.49. The fraction of sp³-hybridized carbons (Fsp3) is 0.684. The van der Waals surface area contributed by atoms with E-state index < -0.39 is 8.32 Å². The van der Waals surface area contributed by atoms with Gasteiger partial charge < -0.3 is 19.0 Å². The van der Waals surface area contributed by atoms with Gasteiger partial charge in [0.2, 0.25) is 5.43 Å². The lowest BCUT2D eigenvalue weighted by Gasteiger charge is -2.41. The zero-order valence-corrected chi connectivity index (χ0v) is 18.0. The van der Waals surface area contributed by atoms with E-state index in [-0.39, 0.29) is 39.8 Å². The van der Waals surface area contributed by atoms with Crippen molar-refractivity contribution in [2.75, 3.05) is 7.11 Å². The summed E-state index contributed by atoms with van der Waals surface area (Å²) in [5.41, 5.74) is 0.482. The Balaban J connectivity index is 2.20. The summed E-state index contributed by atoms with van der Waals surface area (Å²) in [6.45, 7) is 15.1. The number of carbonyl (C=O) groups excluding carboxylic acids is 1. The van der Waals surface area contributed by atoms with Crippen molar-refractivity contribution in [2.45, 2.75) is 76.9 Å². The van der Waals surface area contributed by atoms with Gasteiger partial charge in [-0.15, -0.1) is 0 Å². The molecule has 1 N–H and O–H groups in total. The van der Waals surface area contributed by atoms with E-state index in [1.165, 1.54) is 7.11 Å². The minimum Gasteiger partial charge on any atom is -0.491 e. The first-order chi connectivity index (χ1) is 11.8. The second-order valence-corrected chi connectivity index (χ2v) is 14.0. The Bertz CT molecular complexity index is 824. The van der Waals surface area contributed by atoms with E-state index in [9.17, 15) is 9.59 Å². The predicted octanol–water partition coefficient (Wildman–Crippen LogP) is 3.17. The van der Waals surface area contributed by atoms with Crippen molar-refractivity contribution >= 4 is 14.2 Å². The number of methoxy groups -OCH3 is 1. The van der Waals surface area contributed by atoms with E-state index >= 15 is 0 Å². The average Bonchev–Trinajstić information content (AvgIpc) is 2.76. The van der Waals surface area contributed by atoms with Gasteiger partial charge in [-0.05, 0) is 32.0 Å². The van der Waals surface area contributed by atoms with E-state index in [0.717, 1.165) is 12.1 Å². The molecule has 0 aliphatic carbocycles. The third kappa shape index (κ3) is 2.55. The van der Waals surface area contributed by atoms with Gasteiger partial charge in [-0.1, -0.05) is 20.8 Å². The fourth-order valence-electron chi connectivity index (χ4n) is 3.80. The Morgan fingerprint density at radius 3 is 2.46 bits per heavy atom. The first kappa shape index (κ1) is 19.2. The molecular formula is C19H30N2O4Si. The molecule has 1 aromatic heterocycles. The lowest BCUT2D eigenvalue weighted by Crippen LogP contribution is -2.56. The summed E-state index contributed by atoms with van der Waals surface area (Å²) in [6, 6.07) is 1.53. The van der Waals surface area contributed by atoms with Crippen LogP contribution in [0, 0.1) is 0 Å². The third-order valence-corrected chi connectivity index (χ3v) is 11.1. The van der Waals surface area contributed by atoms with Crippen LogP contribution in [0.3, 0.4) is 0 Å². The van der Waals surface area contributed by atoms with Crippen LogP contribution in [0.2, 0.25) is 18.1 Å². The summed E-state index contributed by atoms with van der Waals surface area (Å²) >= 11 is 0. The molecule has 0 fully saturated rings. The number of hydrogen-bond acceptors (Lipinski definition) is 4. The van der Waals surface area contributed by atoms with Gasteiger partial charge in [-0.2, -0.15) is 0 Å². The molecule has 0 bridgehead atoms. The zero-order chi connectivity index (χ0) is 19.7. The average molecular weight is 379 g/mol. The highest BCUT2D eigenvalue weighted by atomic mass is 28.4. The minimum atomic E-state index is -2.04. The molecule has 0 saturated carbocycles. The quantitative estimate of drug-likeness (QED) is 0.820. The number of carbonyl (C=O) groups is 1. The number of pyridine rings is 1. The molecule has 0 spiro atoms. The molecule has 0 radical (unpaired) electrons. The normalized spacial score (nSPS) is 27.9. The summed E-state index contributed by atoms with van der Waals surface area (Å²) in [5, 5.41) is 3.06. The molecule has 7 heteroatoms. The number of nitrogens with zero attached hydrogens (tertiary/aromatic N) is 1. The Hall–Kier alpha value is -1.60. The van der Waals surface area contributed by atoms with E-state index in [1.54, 1.807) is 6.07 Å². The summed E-state index contributed by atoms with van der Waals surface area (Å²) in [4.78, 5) is 25.3. The fourth-order valence-corrected chi connectivity index (χ4v) is 5.07. The highest BCUT2D eigenvalue weighted by molar-refractivity contribution is 6.74. The van der Waals surface area contributed by atoms with Gasteiger partial charge >= 0.3 is 0 Å². The second kappa shape index (κ2) is 5.69. The van der Waals surface area contributed by atoms with Crippen molar-refractivity contribution in [3.63, 3.8) is 0 Å². The van der Waals surface area contributed by atoms with Crippen LogP contribution >= 0.6 is 0 Å². The molecule has 0 saturated heterocycles. The van der Waals surface area contributed by atoms with Crippen LogP contribution in [0.5, 0.6) is 5.75 Å². The molecule has 2 aliphatic heterocycles. The maximum absolute atomic E-state index is 12.7. The van der Waals surface area contributed by atoms with E-state index in [2.05, 4.69) is 46.1 Å². The van der Waals surface area contributed by atoms with Gasteiger partial charge in [0.25, 0.3) is 5.91 Å². The number of amides is 1. The smallest absolute Gasteiger partial charge is 0.272 e. The highest BCUT2D eigenvalue weighted by Gasteiger charge is 2.52. The summed E-state index contributed by atoms with van der Waals surface area (Å²) < 4.78 is 14.0. The Morgan fingerprint density at radius 1 is 1.31 bits per heavy atom. The van der Waals surface area contributed by atoms with Gasteiger partial charge in [0.05, 0.1) is 24.4 Å². The van der Waals surface area contributed by atoms with Crippen molar-refractivity contribution in [2.24, 2.45) is 0 Å². The van der Waals surface area contributed by atoms with Crippen LogP contribution < -0.4 is 15.5 Å². The molecule has 3 heterocycles. The summed E-state index contributed by atoms with van der Waals surface area (Å²) in [7, 11) is -0.609. The van der Waals surface area contributed by atoms with Crippen molar-refractivity contribution in [1.29, 1.82) is 0 Å². The first-order valence-corrected chi connectivity index (χ1v) is 12.1. The molecule has 6 nitrogen and oxygen atoms in total. The standard InChI is InChI=1S/C19H30N2O4Si/c1-11-19(5)10-14(25-26(7,8)18(2,3)4)12-9-13(22)16(24-6)15(21(12)19)17(23)20-11/h9,11,14H,10H2,1-8H3,(H,20,23). The van der Waals surface area contributed by atoms with Crippen LogP contribution in [0.4, 0.5) is 0 Å². The molecule has 3 unspecified atom stereocenters. The molecule has 3 rings (SSSR count). The zero-order valence-electron chi connectivity index (χ0n) is 17.0. The molecule has 26 heavy (non-hydrogen) atoms. The molecular weight excluding hydrogens is 348 g/mol. The molecule has 0 aromatic carbocycles. The number of rotatable bonds is 3. The maximum Gasteiger partial charge on any atom is 0.272 e. The predicted molar refractivity (Wildman–Crippen MR) is 103 cm³/mol. The molecule has 3 atom stereocenters. The van der Waals surface area contributed by atoms with Gasteiger partial charge in [0, 0.05) is 18.5 Å². The van der Waals surface area contributed by atoms with Crippen molar-refractivity contribution in [3.05, 3.63) is 27.7 Å². The van der Waals surface area contributed by atoms with Crippen LogP contribution in [0.25, 0.3) is 0 Å². The van der Waals surface area contributed by atoms with Gasteiger partial charge in [0.15, 0.2) is 19.8 Å². The summed E-state index contributed by atoms with van der Waals surface area (Å²) in [6.07, 6.45) is 0.522. The SMILES string of the molecule is COc1c2n3c(cc1=O)C(O[Si](C)(C)C(C)(C)C)CC3(C)C(C)NC2=O. The molecule has 2 aliphatic rings. The topological polar surface area (TPSA) is 69.6 Å². The Labute approximate surface area is 156 Å². The monoisotopic (exact) mass is 378 g/mol. The first-order valence-electron chi connectivity index (χ1n) is 9.16. The Kier molecular flexibility index (Phi) is 4.20. The number of hydrogen-bond donors (Lipinski definition) is 1. The van der Waals surface area contributed by atoms with E-state index in [0.29, 0.717) is 5.69 Å².